The molecule has 11 heteroatoms. The Morgan fingerprint density at radius 1 is 1.00 bits per heavy atom. The highest BCUT2D eigenvalue weighted by Gasteiger charge is 2.38. The second-order valence-corrected chi connectivity index (χ2v) is 11.1. The van der Waals surface area contributed by atoms with Gasteiger partial charge in [0, 0.05) is 37.5 Å². The van der Waals surface area contributed by atoms with Crippen LogP contribution in [0.25, 0.3) is 0 Å². The van der Waals surface area contributed by atoms with Crippen molar-refractivity contribution in [2.45, 2.75) is 71.0 Å². The fourth-order valence-corrected chi connectivity index (χ4v) is 4.67. The average Bonchev–Trinajstić information content (AvgIpc) is 2.98. The number of nitrogens with zero attached hydrogens (tertiary/aromatic N) is 1. The molecule has 0 aliphatic carbocycles. The van der Waals surface area contributed by atoms with Crippen LogP contribution in [-0.2, 0) is 24.0 Å². The Balaban J connectivity index is 1.93. The molecular formula is C31H42N6O5. The van der Waals surface area contributed by atoms with Crippen molar-refractivity contribution in [1.82, 2.24) is 26.3 Å². The fourth-order valence-electron chi connectivity index (χ4n) is 4.67. The van der Waals surface area contributed by atoms with Gasteiger partial charge in [0.25, 0.3) is 0 Å². The van der Waals surface area contributed by atoms with Gasteiger partial charge in [0.15, 0.2) is 5.78 Å². The number of pyridine rings is 1. The maximum absolute atomic E-state index is 13.8. The number of rotatable bonds is 8. The van der Waals surface area contributed by atoms with Crippen LogP contribution in [0.1, 0.15) is 65.0 Å². The summed E-state index contributed by atoms with van der Waals surface area (Å²) in [5, 5.41) is 14.4. The van der Waals surface area contributed by atoms with Gasteiger partial charge in [-0.25, -0.2) is 4.98 Å². The molecule has 3 rings (SSSR count). The number of carbonyl (C=O) groups excluding carboxylic acids is 5. The van der Waals surface area contributed by atoms with E-state index in [1.54, 1.807) is 76.4 Å². The van der Waals surface area contributed by atoms with Crippen molar-refractivity contribution in [3.8, 4) is 0 Å². The lowest BCUT2D eigenvalue weighted by Gasteiger charge is -2.33. The van der Waals surface area contributed by atoms with E-state index in [0.717, 1.165) is 0 Å². The minimum absolute atomic E-state index is 0.0634. The number of aromatic nitrogens is 1. The topological polar surface area (TPSA) is 158 Å². The minimum Gasteiger partial charge on any atom is -0.370 e. The second kappa shape index (κ2) is 15.1. The summed E-state index contributed by atoms with van der Waals surface area (Å²) in [7, 11) is 0. The van der Waals surface area contributed by atoms with Crippen LogP contribution in [0.3, 0.4) is 0 Å². The maximum atomic E-state index is 13.8. The van der Waals surface area contributed by atoms with E-state index >= 15 is 0 Å². The van der Waals surface area contributed by atoms with Crippen molar-refractivity contribution in [1.29, 1.82) is 0 Å². The summed E-state index contributed by atoms with van der Waals surface area (Å²) in [4.78, 5) is 71.0. The Morgan fingerprint density at radius 2 is 1.71 bits per heavy atom. The first-order chi connectivity index (χ1) is 20.0. The van der Waals surface area contributed by atoms with Crippen LogP contribution in [0.5, 0.6) is 0 Å². The first kappa shape index (κ1) is 32.2. The second-order valence-electron chi connectivity index (χ2n) is 11.1. The number of hydrogen-bond acceptors (Lipinski definition) is 7. The highest BCUT2D eigenvalue weighted by atomic mass is 16.2. The van der Waals surface area contributed by atoms with Gasteiger partial charge in [-0.3, -0.25) is 24.0 Å². The van der Waals surface area contributed by atoms with E-state index in [-0.39, 0.29) is 49.8 Å². The SMILES string of the molecule is CC[C@@H]1NC(=O)C(CCNc2ccccn2)CC(=O)[C@](C)(NC(=O)C(C)C)CCNC(=O)[C@@H](c2ccccc2)NC1=O. The first-order valence-corrected chi connectivity index (χ1v) is 14.5. The monoisotopic (exact) mass is 578 g/mol. The molecule has 4 atom stereocenters. The number of amides is 4. The van der Waals surface area contributed by atoms with E-state index in [1.807, 2.05) is 6.07 Å². The quantitative estimate of drug-likeness (QED) is 0.321. The van der Waals surface area contributed by atoms with E-state index in [9.17, 15) is 24.0 Å². The molecule has 2 aromatic rings. The lowest BCUT2D eigenvalue weighted by Crippen LogP contribution is -2.57. The van der Waals surface area contributed by atoms with Crippen molar-refractivity contribution in [2.75, 3.05) is 18.4 Å². The van der Waals surface area contributed by atoms with Gasteiger partial charge in [-0.1, -0.05) is 57.2 Å². The van der Waals surface area contributed by atoms with Gasteiger partial charge >= 0.3 is 0 Å². The lowest BCUT2D eigenvalue weighted by molar-refractivity contribution is -0.137. The van der Waals surface area contributed by atoms with E-state index in [2.05, 4.69) is 31.6 Å². The zero-order valence-electron chi connectivity index (χ0n) is 24.7. The predicted octanol–water partition coefficient (Wildman–Crippen LogP) is 2.26. The molecular weight excluding hydrogens is 536 g/mol. The van der Waals surface area contributed by atoms with Crippen LogP contribution in [-0.4, -0.2) is 59.1 Å². The van der Waals surface area contributed by atoms with Crippen LogP contribution < -0.4 is 26.6 Å². The number of nitrogens with one attached hydrogen (secondary N) is 5. The summed E-state index contributed by atoms with van der Waals surface area (Å²) in [5.41, 5.74) is -0.761. The molecule has 1 unspecified atom stereocenters. The summed E-state index contributed by atoms with van der Waals surface area (Å²) >= 11 is 0. The predicted molar refractivity (Wildman–Crippen MR) is 159 cm³/mol. The molecule has 5 N–H and O–H groups in total. The third-order valence-corrected chi connectivity index (χ3v) is 7.45. The Labute approximate surface area is 247 Å². The van der Waals surface area contributed by atoms with Crippen molar-refractivity contribution in [3.63, 3.8) is 0 Å². The Hall–Kier alpha value is -4.28. The van der Waals surface area contributed by atoms with Crippen LogP contribution in [0.4, 0.5) is 5.82 Å². The van der Waals surface area contributed by atoms with Gasteiger partial charge in [0.2, 0.25) is 23.6 Å². The van der Waals surface area contributed by atoms with Crippen LogP contribution in [0, 0.1) is 11.8 Å². The molecule has 1 aromatic carbocycles. The van der Waals surface area contributed by atoms with Gasteiger partial charge in [0.05, 0.1) is 5.54 Å². The minimum atomic E-state index is -1.33. The normalized spacial score (nSPS) is 24.2. The number of ketones is 1. The standard InChI is InChI=1S/C31H42N6O5/c1-5-23-29(41)36-26(21-11-7-6-8-12-21)30(42)34-18-15-31(4,37-27(39)20(2)3)24(38)19-22(28(40)35-23)14-17-33-25-13-9-10-16-32-25/h6-13,16,20,22-23,26H,5,14-15,17-19H2,1-4H3,(H,32,33)(H,34,42)(H,35,40)(H,36,41)(H,37,39)/t22?,23-,26+,31+/m0/s1. The highest BCUT2D eigenvalue weighted by molar-refractivity contribution is 5.97. The number of carbonyl (C=O) groups is 5. The van der Waals surface area contributed by atoms with Crippen molar-refractivity contribution >= 4 is 35.2 Å². The third-order valence-electron chi connectivity index (χ3n) is 7.45. The number of hydrogen-bond donors (Lipinski definition) is 5. The molecule has 1 aromatic heterocycles. The molecule has 0 saturated carbocycles. The Morgan fingerprint density at radius 3 is 2.36 bits per heavy atom. The largest absolute Gasteiger partial charge is 0.370 e. The van der Waals surface area contributed by atoms with E-state index in [4.69, 9.17) is 0 Å². The average molecular weight is 579 g/mol. The first-order valence-electron chi connectivity index (χ1n) is 14.5. The molecule has 2 heterocycles. The van der Waals surface area contributed by atoms with Crippen LogP contribution >= 0.6 is 0 Å². The zero-order chi connectivity index (χ0) is 30.7. The molecule has 11 nitrogen and oxygen atoms in total. The van der Waals surface area contributed by atoms with Gasteiger partial charge < -0.3 is 26.6 Å². The molecule has 1 aliphatic rings. The third kappa shape index (κ3) is 8.86. The smallest absolute Gasteiger partial charge is 0.247 e. The van der Waals surface area contributed by atoms with E-state index in [0.29, 0.717) is 17.9 Å². The molecule has 1 fully saturated rings. The highest BCUT2D eigenvalue weighted by Crippen LogP contribution is 2.22. The van der Waals surface area contributed by atoms with Crippen LogP contribution in [0.15, 0.2) is 54.7 Å². The molecule has 0 bridgehead atoms. The van der Waals surface area contributed by atoms with Crippen molar-refractivity contribution in [3.05, 3.63) is 60.3 Å². The summed E-state index contributed by atoms with van der Waals surface area (Å²) in [6.45, 7) is 7.25. The number of benzene rings is 1. The van der Waals surface area contributed by atoms with E-state index < -0.39 is 41.3 Å². The summed E-state index contributed by atoms with van der Waals surface area (Å²) in [5.74, 6) is -2.59. The Bertz CT molecular complexity index is 1240. The summed E-state index contributed by atoms with van der Waals surface area (Å²) < 4.78 is 0. The summed E-state index contributed by atoms with van der Waals surface area (Å²) in [6, 6.07) is 12.3. The molecule has 0 radical (unpaired) electrons. The van der Waals surface area contributed by atoms with Crippen LogP contribution in [0.2, 0.25) is 0 Å². The van der Waals surface area contributed by atoms with E-state index in [1.165, 1.54) is 0 Å². The molecule has 0 spiro atoms. The summed E-state index contributed by atoms with van der Waals surface area (Å²) in [6.07, 6.45) is 2.14. The molecule has 226 valence electrons. The zero-order valence-corrected chi connectivity index (χ0v) is 24.7. The van der Waals surface area contributed by atoms with Gasteiger partial charge in [-0.05, 0) is 43.9 Å². The molecule has 1 aliphatic heterocycles. The molecule has 42 heavy (non-hydrogen) atoms. The van der Waals surface area contributed by atoms with Crippen molar-refractivity contribution < 1.29 is 24.0 Å². The number of Topliss-reactive ketones (excluding diaryl/α,β-unsaturated/α-hetero) is 1. The Kier molecular flexibility index (Phi) is 11.6. The van der Waals surface area contributed by atoms with Gasteiger partial charge in [0.1, 0.15) is 17.9 Å². The van der Waals surface area contributed by atoms with Crippen molar-refractivity contribution in [2.24, 2.45) is 11.8 Å². The van der Waals surface area contributed by atoms with Gasteiger partial charge in [-0.2, -0.15) is 0 Å². The lowest BCUT2D eigenvalue weighted by atomic mass is 9.84. The fraction of sp³-hybridized carbons (Fsp3) is 0.484. The molecule has 1 saturated heterocycles. The van der Waals surface area contributed by atoms with Gasteiger partial charge in [-0.15, -0.1) is 0 Å². The maximum Gasteiger partial charge on any atom is 0.247 e. The number of anilines is 1. The molecule has 4 amide bonds.